The van der Waals surface area contributed by atoms with Gasteiger partial charge in [0.15, 0.2) is 0 Å². The zero-order valence-electron chi connectivity index (χ0n) is 24.5. The Kier molecular flexibility index (Phi) is 7.23. The maximum absolute atomic E-state index is 14.3. The van der Waals surface area contributed by atoms with Gasteiger partial charge in [0.25, 0.3) is 11.8 Å². The predicted molar refractivity (Wildman–Crippen MR) is 169 cm³/mol. The van der Waals surface area contributed by atoms with E-state index in [1.807, 2.05) is 78.2 Å². The molecule has 0 unspecified atom stereocenters. The summed E-state index contributed by atoms with van der Waals surface area (Å²) in [5, 5.41) is 3.82. The van der Waals surface area contributed by atoms with Crippen molar-refractivity contribution in [3.05, 3.63) is 106 Å². The number of rotatable bonds is 5. The minimum absolute atomic E-state index is 0.0532. The Morgan fingerprint density at radius 2 is 1.70 bits per heavy atom. The lowest BCUT2D eigenvalue weighted by Crippen LogP contribution is -2.57. The summed E-state index contributed by atoms with van der Waals surface area (Å²) in [6.07, 6.45) is 2.28. The van der Waals surface area contributed by atoms with Crippen LogP contribution in [-0.2, 0) is 13.1 Å². The van der Waals surface area contributed by atoms with Crippen LogP contribution in [0.25, 0.3) is 11.1 Å². The van der Waals surface area contributed by atoms with Crippen LogP contribution >= 0.6 is 11.6 Å². The Balaban J connectivity index is 1.22. The van der Waals surface area contributed by atoms with Crippen molar-refractivity contribution in [2.75, 3.05) is 31.6 Å². The molecule has 5 heterocycles. The van der Waals surface area contributed by atoms with Crippen LogP contribution in [0.5, 0.6) is 5.75 Å². The molecule has 1 atom stereocenters. The van der Waals surface area contributed by atoms with Gasteiger partial charge >= 0.3 is 0 Å². The van der Waals surface area contributed by atoms with Crippen LogP contribution in [0.4, 0.5) is 5.69 Å². The van der Waals surface area contributed by atoms with E-state index in [4.69, 9.17) is 16.3 Å². The fraction of sp³-hybridized carbons (Fsp3) is 0.314. The third-order valence-corrected chi connectivity index (χ3v) is 9.72. The van der Waals surface area contributed by atoms with Gasteiger partial charge in [0.1, 0.15) is 11.4 Å². The normalized spacial score (nSPS) is 20.6. The van der Waals surface area contributed by atoms with Crippen LogP contribution in [0.1, 0.15) is 50.5 Å². The standard InChI is InChI=1S/C35H35ClN4O3/c1-22-7-3-5-9-26(22)27-18-33(43-2)28(17-29(27)36)35(42)40-20-25-11-12-32(39(25)19-24-8-4-6-10-31(24)40)34(41)37-30-21-38-15-13-23(30)14-16-38/h3-12,17-18,23,30H,13-16,19-21H2,1-2H3,(H,37,41)/t30-/m1/s1. The summed E-state index contributed by atoms with van der Waals surface area (Å²) in [5.74, 6) is 0.737. The zero-order chi connectivity index (χ0) is 29.7. The Bertz CT molecular complexity index is 1720. The first-order valence-electron chi connectivity index (χ1n) is 15.0. The van der Waals surface area contributed by atoms with E-state index in [9.17, 15) is 9.59 Å². The highest BCUT2D eigenvalue weighted by Gasteiger charge is 2.36. The number of hydrogen-bond donors (Lipinski definition) is 1. The molecule has 3 saturated heterocycles. The predicted octanol–water partition coefficient (Wildman–Crippen LogP) is 6.16. The van der Waals surface area contributed by atoms with Gasteiger partial charge in [-0.25, -0.2) is 0 Å². The van der Waals surface area contributed by atoms with Gasteiger partial charge in [0.2, 0.25) is 0 Å². The van der Waals surface area contributed by atoms with Gasteiger partial charge in [-0.05, 0) is 85.8 Å². The Morgan fingerprint density at radius 3 is 2.44 bits per heavy atom. The van der Waals surface area contributed by atoms with Gasteiger partial charge in [0, 0.05) is 34.6 Å². The molecule has 4 aliphatic heterocycles. The van der Waals surface area contributed by atoms with Crippen LogP contribution in [0.2, 0.25) is 5.02 Å². The number of methoxy groups -OCH3 is 1. The average molecular weight is 595 g/mol. The SMILES string of the molecule is COc1cc(-c2ccccc2C)c(Cl)cc1C(=O)N1Cc2ccc(C(=O)N[C@@H]3CN4CCC3CC4)n2Cc2ccccc21. The summed E-state index contributed by atoms with van der Waals surface area (Å²) in [6, 6.07) is 23.5. The Labute approximate surface area is 257 Å². The number of halogens is 1. The monoisotopic (exact) mass is 594 g/mol. The van der Waals surface area contributed by atoms with E-state index in [2.05, 4.69) is 10.2 Å². The lowest BCUT2D eigenvalue weighted by Gasteiger charge is -2.44. The second-order valence-electron chi connectivity index (χ2n) is 11.9. The third kappa shape index (κ3) is 5.00. The first-order chi connectivity index (χ1) is 20.9. The van der Waals surface area contributed by atoms with Crippen LogP contribution in [0, 0.1) is 12.8 Å². The molecule has 8 rings (SSSR count). The topological polar surface area (TPSA) is 66.8 Å². The number of nitrogens with one attached hydrogen (secondary N) is 1. The molecule has 0 radical (unpaired) electrons. The number of anilines is 1. The van der Waals surface area contributed by atoms with Gasteiger partial charge in [0.05, 0.1) is 25.8 Å². The molecule has 2 amide bonds. The highest BCUT2D eigenvalue weighted by molar-refractivity contribution is 6.34. The van der Waals surface area contributed by atoms with Gasteiger partial charge in [-0.2, -0.15) is 0 Å². The van der Waals surface area contributed by atoms with Crippen molar-refractivity contribution in [1.29, 1.82) is 0 Å². The molecule has 1 N–H and O–H groups in total. The molecule has 4 aliphatic rings. The number of fused-ring (bicyclic) bond motifs is 5. The summed E-state index contributed by atoms with van der Waals surface area (Å²) in [7, 11) is 1.57. The third-order valence-electron chi connectivity index (χ3n) is 9.41. The fourth-order valence-corrected chi connectivity index (χ4v) is 7.29. The van der Waals surface area contributed by atoms with Crippen molar-refractivity contribution in [2.24, 2.45) is 5.92 Å². The summed E-state index contributed by atoms with van der Waals surface area (Å²) in [6.45, 7) is 6.01. The Hall–Kier alpha value is -4.07. The molecule has 4 aromatic rings. The van der Waals surface area contributed by atoms with Crippen LogP contribution in [0.15, 0.2) is 72.8 Å². The number of hydrogen-bond acceptors (Lipinski definition) is 4. The minimum Gasteiger partial charge on any atom is -0.496 e. The van der Waals surface area contributed by atoms with Crippen molar-refractivity contribution in [2.45, 2.75) is 38.9 Å². The molecule has 3 fully saturated rings. The summed E-state index contributed by atoms with van der Waals surface area (Å²) >= 11 is 6.83. The van der Waals surface area contributed by atoms with Gasteiger partial charge in [-0.15, -0.1) is 0 Å². The molecule has 0 spiro atoms. The number of piperidine rings is 3. The summed E-state index contributed by atoms with van der Waals surface area (Å²) in [5.41, 5.74) is 6.57. The van der Waals surface area contributed by atoms with Crippen molar-refractivity contribution in [3.8, 4) is 16.9 Å². The van der Waals surface area contributed by atoms with Crippen molar-refractivity contribution >= 4 is 29.1 Å². The summed E-state index contributed by atoms with van der Waals surface area (Å²) < 4.78 is 7.81. The molecule has 0 saturated carbocycles. The molecular weight excluding hydrogens is 560 g/mol. The number of carbonyl (C=O) groups excluding carboxylic acids is 2. The fourth-order valence-electron chi connectivity index (χ4n) is 7.03. The number of benzene rings is 3. The maximum atomic E-state index is 14.3. The van der Waals surface area contributed by atoms with E-state index >= 15 is 0 Å². The van der Waals surface area contributed by atoms with Crippen molar-refractivity contribution in [1.82, 2.24) is 14.8 Å². The van der Waals surface area contributed by atoms with E-state index in [1.54, 1.807) is 18.1 Å². The second kappa shape index (κ2) is 11.2. The quantitative estimate of drug-likeness (QED) is 0.301. The highest BCUT2D eigenvalue weighted by Crippen LogP contribution is 2.38. The molecule has 7 nitrogen and oxygen atoms in total. The van der Waals surface area contributed by atoms with Crippen molar-refractivity contribution in [3.63, 3.8) is 0 Å². The van der Waals surface area contributed by atoms with Crippen molar-refractivity contribution < 1.29 is 14.3 Å². The van der Waals surface area contributed by atoms with Gasteiger partial charge in [-0.1, -0.05) is 54.1 Å². The lowest BCUT2D eigenvalue weighted by atomic mass is 9.84. The Morgan fingerprint density at radius 1 is 0.930 bits per heavy atom. The average Bonchev–Trinajstić information content (AvgIpc) is 3.35. The largest absolute Gasteiger partial charge is 0.496 e. The number of carbonyl (C=O) groups is 2. The van der Waals surface area contributed by atoms with E-state index in [1.165, 1.54) is 0 Å². The second-order valence-corrected chi connectivity index (χ2v) is 12.3. The number of aryl methyl sites for hydroxylation is 1. The lowest BCUT2D eigenvalue weighted by molar-refractivity contribution is 0.0615. The van der Waals surface area contributed by atoms with E-state index in [0.717, 1.165) is 66.1 Å². The highest BCUT2D eigenvalue weighted by atomic mass is 35.5. The molecule has 3 aromatic carbocycles. The number of nitrogens with zero attached hydrogens (tertiary/aromatic N) is 3. The number of amides is 2. The molecule has 8 heteroatoms. The van der Waals surface area contributed by atoms with E-state index in [-0.39, 0.29) is 17.9 Å². The smallest absolute Gasteiger partial charge is 0.268 e. The maximum Gasteiger partial charge on any atom is 0.268 e. The van der Waals surface area contributed by atoms with E-state index < -0.39 is 0 Å². The molecule has 1 aromatic heterocycles. The van der Waals surface area contributed by atoms with Crippen LogP contribution in [0.3, 0.4) is 0 Å². The number of ether oxygens (including phenoxy) is 1. The van der Waals surface area contributed by atoms with Gasteiger partial charge in [-0.3, -0.25) is 9.59 Å². The van der Waals surface area contributed by atoms with Crippen LogP contribution < -0.4 is 15.0 Å². The molecule has 0 aliphatic carbocycles. The number of aromatic nitrogens is 1. The summed E-state index contributed by atoms with van der Waals surface area (Å²) in [4.78, 5) is 32.2. The first kappa shape index (κ1) is 27.7. The molecule has 43 heavy (non-hydrogen) atoms. The molecular formula is C35H35ClN4O3. The zero-order valence-corrected chi connectivity index (χ0v) is 25.2. The van der Waals surface area contributed by atoms with Gasteiger partial charge < -0.3 is 24.4 Å². The minimum atomic E-state index is -0.213. The molecule has 2 bridgehead atoms. The van der Waals surface area contributed by atoms with E-state index in [0.29, 0.717) is 41.0 Å². The van der Waals surface area contributed by atoms with Crippen LogP contribution in [-0.4, -0.2) is 54.1 Å². The first-order valence-corrected chi connectivity index (χ1v) is 15.3. The molecule has 220 valence electrons. The number of para-hydroxylation sites is 1.